The van der Waals surface area contributed by atoms with Crippen molar-refractivity contribution in [3.05, 3.63) is 23.9 Å². The molecule has 0 unspecified atom stereocenters. The van der Waals surface area contributed by atoms with Gasteiger partial charge in [-0.05, 0) is 51.3 Å². The van der Waals surface area contributed by atoms with Crippen molar-refractivity contribution in [1.29, 1.82) is 0 Å². The molecule has 0 spiro atoms. The number of ether oxygens (including phenoxy) is 1. The summed E-state index contributed by atoms with van der Waals surface area (Å²) in [5, 5.41) is 0. The summed E-state index contributed by atoms with van der Waals surface area (Å²) in [4.78, 5) is 21.7. The molecule has 0 radical (unpaired) electrons. The molecule has 5 nitrogen and oxygen atoms in total. The van der Waals surface area contributed by atoms with Crippen LogP contribution in [-0.2, 0) is 0 Å². The Balaban J connectivity index is 1.57. The van der Waals surface area contributed by atoms with Gasteiger partial charge in [0, 0.05) is 31.4 Å². The summed E-state index contributed by atoms with van der Waals surface area (Å²) in [5.41, 5.74) is 0.672. The van der Waals surface area contributed by atoms with E-state index in [1.54, 1.807) is 6.20 Å². The van der Waals surface area contributed by atoms with Crippen molar-refractivity contribution in [2.75, 3.05) is 32.8 Å². The zero-order valence-corrected chi connectivity index (χ0v) is 14.7. The van der Waals surface area contributed by atoms with Gasteiger partial charge in [-0.15, -0.1) is 0 Å². The van der Waals surface area contributed by atoms with Crippen LogP contribution in [0.15, 0.2) is 18.3 Å². The normalized spacial score (nSPS) is 21.4. The first kappa shape index (κ1) is 17.2. The summed E-state index contributed by atoms with van der Waals surface area (Å²) in [5.74, 6) is 0.722. The molecule has 3 heterocycles. The summed E-state index contributed by atoms with van der Waals surface area (Å²) in [6, 6.07) is 4.02. The van der Waals surface area contributed by atoms with Crippen LogP contribution in [0.25, 0.3) is 0 Å². The second kappa shape index (κ2) is 8.47. The van der Waals surface area contributed by atoms with Gasteiger partial charge < -0.3 is 14.5 Å². The van der Waals surface area contributed by atoms with E-state index >= 15 is 0 Å². The molecular weight excluding hydrogens is 302 g/mol. The van der Waals surface area contributed by atoms with E-state index < -0.39 is 0 Å². The number of hydrogen-bond donors (Lipinski definition) is 0. The second-order valence-electron chi connectivity index (χ2n) is 6.89. The smallest absolute Gasteiger partial charge is 0.255 e. The van der Waals surface area contributed by atoms with Gasteiger partial charge in [-0.3, -0.25) is 4.79 Å². The van der Waals surface area contributed by atoms with Crippen molar-refractivity contribution in [2.45, 2.75) is 51.5 Å². The van der Waals surface area contributed by atoms with Gasteiger partial charge in [0.2, 0.25) is 5.88 Å². The van der Waals surface area contributed by atoms with Crippen molar-refractivity contribution in [3.63, 3.8) is 0 Å². The molecule has 2 fully saturated rings. The molecule has 1 amide bonds. The molecule has 3 rings (SSSR count). The number of unbranched alkanes of at least 4 members (excludes halogenated alkanes) is 1. The number of amides is 1. The average Bonchev–Trinajstić information content (AvgIpc) is 3.27. The van der Waals surface area contributed by atoms with Crippen molar-refractivity contribution in [2.24, 2.45) is 0 Å². The molecule has 0 N–H and O–H groups in total. The highest BCUT2D eigenvalue weighted by atomic mass is 16.5. The van der Waals surface area contributed by atoms with Crippen LogP contribution in [0.2, 0.25) is 0 Å². The van der Waals surface area contributed by atoms with E-state index in [1.807, 2.05) is 17.0 Å². The Labute approximate surface area is 145 Å². The number of nitrogens with zero attached hydrogens (tertiary/aromatic N) is 3. The molecule has 0 bridgehead atoms. The summed E-state index contributed by atoms with van der Waals surface area (Å²) in [6.07, 6.45) is 8.60. The largest absolute Gasteiger partial charge is 0.478 e. The number of carbonyl (C=O) groups is 1. The lowest BCUT2D eigenvalue weighted by molar-refractivity contribution is 0.0708. The predicted octanol–water partition coefficient (Wildman–Crippen LogP) is 2.96. The van der Waals surface area contributed by atoms with E-state index in [4.69, 9.17) is 4.74 Å². The first-order chi connectivity index (χ1) is 11.8. The quantitative estimate of drug-likeness (QED) is 0.721. The first-order valence-electron chi connectivity index (χ1n) is 9.40. The van der Waals surface area contributed by atoms with E-state index in [1.165, 1.54) is 25.9 Å². The number of pyridine rings is 1. The molecule has 24 heavy (non-hydrogen) atoms. The minimum Gasteiger partial charge on any atom is -0.478 e. The Morgan fingerprint density at radius 1 is 1.25 bits per heavy atom. The molecular formula is C19H29N3O2. The first-order valence-corrected chi connectivity index (χ1v) is 9.40. The summed E-state index contributed by atoms with van der Waals surface area (Å²) < 4.78 is 5.57. The minimum absolute atomic E-state index is 0.115. The number of likely N-dealkylation sites (tertiary alicyclic amines) is 2. The van der Waals surface area contributed by atoms with Crippen LogP contribution in [-0.4, -0.2) is 59.5 Å². The highest BCUT2D eigenvalue weighted by Crippen LogP contribution is 2.23. The molecule has 1 aromatic heterocycles. The van der Waals surface area contributed by atoms with E-state index in [-0.39, 0.29) is 5.91 Å². The van der Waals surface area contributed by atoms with Crippen LogP contribution in [0.5, 0.6) is 5.88 Å². The fourth-order valence-corrected chi connectivity index (χ4v) is 3.64. The van der Waals surface area contributed by atoms with Gasteiger partial charge in [0.15, 0.2) is 0 Å². The van der Waals surface area contributed by atoms with Crippen LogP contribution in [0.3, 0.4) is 0 Å². The van der Waals surface area contributed by atoms with Gasteiger partial charge in [-0.25, -0.2) is 4.98 Å². The topological polar surface area (TPSA) is 45.7 Å². The van der Waals surface area contributed by atoms with Crippen molar-refractivity contribution in [3.8, 4) is 5.88 Å². The van der Waals surface area contributed by atoms with E-state index in [2.05, 4.69) is 16.8 Å². The molecule has 1 atom stereocenters. The summed E-state index contributed by atoms with van der Waals surface area (Å²) >= 11 is 0. The molecule has 2 saturated heterocycles. The average molecular weight is 331 g/mol. The van der Waals surface area contributed by atoms with Crippen LogP contribution in [0, 0.1) is 0 Å². The van der Waals surface area contributed by atoms with Crippen LogP contribution in [0.4, 0.5) is 0 Å². The maximum absolute atomic E-state index is 12.8. The molecule has 1 aromatic rings. The standard InChI is InChI=1S/C19H29N3O2/c1-2-3-13-24-18-9-8-16(14-20-18)19(23)22-12-6-7-17(22)15-21-10-4-5-11-21/h8-9,14,17H,2-7,10-13,15H2,1H3/t17-/m0/s1. The molecule has 2 aliphatic rings. The zero-order valence-electron chi connectivity index (χ0n) is 14.7. The molecule has 0 saturated carbocycles. The van der Waals surface area contributed by atoms with Gasteiger partial charge in [-0.2, -0.15) is 0 Å². The second-order valence-corrected chi connectivity index (χ2v) is 6.89. The van der Waals surface area contributed by atoms with Gasteiger partial charge in [0.05, 0.1) is 12.2 Å². The number of rotatable bonds is 7. The monoisotopic (exact) mass is 331 g/mol. The fraction of sp³-hybridized carbons (Fsp3) is 0.684. The predicted molar refractivity (Wildman–Crippen MR) is 94.4 cm³/mol. The number of aromatic nitrogens is 1. The molecule has 0 aliphatic carbocycles. The highest BCUT2D eigenvalue weighted by molar-refractivity contribution is 5.94. The van der Waals surface area contributed by atoms with Crippen LogP contribution in [0.1, 0.15) is 55.8 Å². The maximum atomic E-state index is 12.8. The molecule has 0 aromatic carbocycles. The van der Waals surface area contributed by atoms with E-state index in [9.17, 15) is 4.79 Å². The molecule has 132 valence electrons. The lowest BCUT2D eigenvalue weighted by atomic mass is 10.2. The van der Waals surface area contributed by atoms with Crippen LogP contribution >= 0.6 is 0 Å². The van der Waals surface area contributed by atoms with Crippen molar-refractivity contribution >= 4 is 5.91 Å². The third kappa shape index (κ3) is 4.26. The van der Waals surface area contributed by atoms with Gasteiger partial charge in [-0.1, -0.05) is 13.3 Å². The lowest BCUT2D eigenvalue weighted by Gasteiger charge is -2.28. The Morgan fingerprint density at radius 2 is 2.08 bits per heavy atom. The van der Waals surface area contributed by atoms with Gasteiger partial charge >= 0.3 is 0 Å². The highest BCUT2D eigenvalue weighted by Gasteiger charge is 2.31. The summed E-state index contributed by atoms with van der Waals surface area (Å²) in [7, 11) is 0. The minimum atomic E-state index is 0.115. The third-order valence-electron chi connectivity index (χ3n) is 5.04. The summed E-state index contributed by atoms with van der Waals surface area (Å²) in [6.45, 7) is 7.07. The Kier molecular flexibility index (Phi) is 6.07. The van der Waals surface area contributed by atoms with E-state index in [0.717, 1.165) is 38.8 Å². The maximum Gasteiger partial charge on any atom is 0.255 e. The Bertz CT molecular complexity index is 526. The number of carbonyl (C=O) groups excluding carboxylic acids is 1. The lowest BCUT2D eigenvalue weighted by Crippen LogP contribution is -2.42. The van der Waals surface area contributed by atoms with Crippen molar-refractivity contribution in [1.82, 2.24) is 14.8 Å². The van der Waals surface area contributed by atoms with Gasteiger partial charge in [0.1, 0.15) is 0 Å². The van der Waals surface area contributed by atoms with E-state index in [0.29, 0.717) is 24.1 Å². The van der Waals surface area contributed by atoms with Crippen LogP contribution < -0.4 is 4.74 Å². The third-order valence-corrected chi connectivity index (χ3v) is 5.04. The van der Waals surface area contributed by atoms with Gasteiger partial charge in [0.25, 0.3) is 5.91 Å². The molecule has 5 heteroatoms. The molecule has 2 aliphatic heterocycles. The van der Waals surface area contributed by atoms with Crippen molar-refractivity contribution < 1.29 is 9.53 Å². The fourth-order valence-electron chi connectivity index (χ4n) is 3.64. The number of hydrogen-bond acceptors (Lipinski definition) is 4. The zero-order chi connectivity index (χ0) is 16.8. The Morgan fingerprint density at radius 3 is 2.79 bits per heavy atom. The SMILES string of the molecule is CCCCOc1ccc(C(=O)N2CCC[C@H]2CN2CCCC2)cn1. The Hall–Kier alpha value is -1.62.